The fourth-order valence-electron chi connectivity index (χ4n) is 8.19. The number of carbonyl (C=O) groups is 2. The Morgan fingerprint density at radius 2 is 1.68 bits per heavy atom. The summed E-state index contributed by atoms with van der Waals surface area (Å²) in [5.41, 5.74) is 4.82. The first-order valence-electron chi connectivity index (χ1n) is 13.3. The number of hydrogen-bond acceptors (Lipinski definition) is 5. The molecule has 37 heavy (non-hydrogen) atoms. The van der Waals surface area contributed by atoms with Gasteiger partial charge in [-0.1, -0.05) is 30.3 Å². The summed E-state index contributed by atoms with van der Waals surface area (Å²) < 4.78 is 12.1. The minimum absolute atomic E-state index is 0.218. The first-order chi connectivity index (χ1) is 18.0. The predicted octanol–water partition coefficient (Wildman–Crippen LogP) is 7.03. The molecule has 9 rings (SSSR count). The van der Waals surface area contributed by atoms with Crippen LogP contribution in [0, 0.1) is 17.8 Å². The first-order valence-corrected chi connectivity index (χ1v) is 14.1. The van der Waals surface area contributed by atoms with Gasteiger partial charge >= 0.3 is 0 Å². The minimum Gasteiger partial charge on any atom is -0.454 e. The Morgan fingerprint density at radius 3 is 2.41 bits per heavy atom. The molecule has 1 N–H and O–H groups in total. The first kappa shape index (κ1) is 21.8. The van der Waals surface area contributed by atoms with Crippen molar-refractivity contribution in [3.63, 3.8) is 0 Å². The Labute approximate surface area is 219 Å². The van der Waals surface area contributed by atoms with E-state index < -0.39 is 0 Å². The van der Waals surface area contributed by atoms with Crippen molar-refractivity contribution >= 4 is 39.8 Å². The molecule has 4 saturated carbocycles. The molecule has 0 unspecified atom stereocenters. The lowest BCUT2D eigenvalue weighted by Gasteiger charge is -2.57. The van der Waals surface area contributed by atoms with E-state index in [1.165, 1.54) is 44.1 Å². The van der Waals surface area contributed by atoms with Crippen molar-refractivity contribution in [1.29, 1.82) is 0 Å². The molecule has 3 aromatic rings. The van der Waals surface area contributed by atoms with Gasteiger partial charge in [0, 0.05) is 5.56 Å². The number of imide groups is 1. The van der Waals surface area contributed by atoms with Crippen molar-refractivity contribution in [3.8, 4) is 22.6 Å². The summed E-state index contributed by atoms with van der Waals surface area (Å²) in [5.74, 6) is 4.09. The van der Waals surface area contributed by atoms with Gasteiger partial charge in [-0.2, -0.15) is 0 Å². The highest BCUT2D eigenvalue weighted by molar-refractivity contribution is 8.18. The van der Waals surface area contributed by atoms with Crippen LogP contribution < -0.4 is 14.8 Å². The quantitative estimate of drug-likeness (QED) is 0.384. The van der Waals surface area contributed by atoms with E-state index in [9.17, 15) is 9.59 Å². The second-order valence-corrected chi connectivity index (χ2v) is 12.6. The number of amides is 2. The maximum Gasteiger partial charge on any atom is 0.290 e. The zero-order valence-corrected chi connectivity index (χ0v) is 21.2. The van der Waals surface area contributed by atoms with Crippen molar-refractivity contribution in [2.75, 3.05) is 6.79 Å². The van der Waals surface area contributed by atoms with E-state index in [2.05, 4.69) is 41.7 Å². The van der Waals surface area contributed by atoms with E-state index in [-0.39, 0.29) is 16.6 Å². The molecule has 0 radical (unpaired) electrons. The zero-order chi connectivity index (χ0) is 24.7. The van der Waals surface area contributed by atoms with Crippen LogP contribution in [0.15, 0.2) is 53.4 Å². The summed E-state index contributed by atoms with van der Waals surface area (Å²) in [6.07, 6.45) is 9.88. The molecule has 4 aliphatic carbocycles. The molecule has 2 aliphatic heterocycles. The van der Waals surface area contributed by atoms with Crippen molar-refractivity contribution in [1.82, 2.24) is 5.32 Å². The lowest BCUT2D eigenvalue weighted by atomic mass is 9.48. The van der Waals surface area contributed by atoms with Gasteiger partial charge < -0.3 is 9.47 Å². The average Bonchev–Trinajstić information content (AvgIpc) is 3.47. The van der Waals surface area contributed by atoms with Gasteiger partial charge in [0.25, 0.3) is 11.1 Å². The number of carbonyl (C=O) groups excluding carboxylic acids is 2. The molecule has 1 saturated heterocycles. The fourth-order valence-corrected chi connectivity index (χ4v) is 8.86. The number of rotatable bonds is 3. The molecule has 2 heterocycles. The zero-order valence-electron chi connectivity index (χ0n) is 20.4. The van der Waals surface area contributed by atoms with Crippen molar-refractivity contribution in [2.45, 2.75) is 43.9 Å². The standard InChI is InChI=1S/C31H27NO4S/c33-29-27(37-30(34)32-29)12-22-3-1-2-21-9-20(4-5-24(21)22)23-10-25(28-26(11-23)35-16-36-28)31-13-17-6-18(14-31)8-19(7-17)15-31/h1-5,9-12,17-19H,6-8,13-16H2,(H,32,33,34). The molecule has 5 fully saturated rings. The van der Waals surface area contributed by atoms with Gasteiger partial charge in [-0.3, -0.25) is 14.9 Å². The van der Waals surface area contributed by atoms with Crippen molar-refractivity contribution in [2.24, 2.45) is 17.8 Å². The topological polar surface area (TPSA) is 64.6 Å². The lowest BCUT2D eigenvalue weighted by Crippen LogP contribution is -2.48. The summed E-state index contributed by atoms with van der Waals surface area (Å²) in [5, 5.41) is 4.15. The Morgan fingerprint density at radius 1 is 0.892 bits per heavy atom. The van der Waals surface area contributed by atoms with Crippen molar-refractivity contribution in [3.05, 3.63) is 64.6 Å². The number of ether oxygens (including phenoxy) is 2. The van der Waals surface area contributed by atoms with Crippen LogP contribution in [0.25, 0.3) is 28.0 Å². The van der Waals surface area contributed by atoms with Gasteiger partial charge in [-0.05, 0) is 125 Å². The summed E-state index contributed by atoms with van der Waals surface area (Å²) in [6.45, 7) is 0.294. The van der Waals surface area contributed by atoms with E-state index >= 15 is 0 Å². The van der Waals surface area contributed by atoms with Crippen LogP contribution in [-0.4, -0.2) is 17.9 Å². The molecule has 0 spiro atoms. The Bertz CT molecular complexity index is 1500. The van der Waals surface area contributed by atoms with Crippen LogP contribution in [0.1, 0.15) is 49.7 Å². The molecular formula is C31H27NO4S. The largest absolute Gasteiger partial charge is 0.454 e. The molecule has 3 aromatic carbocycles. The van der Waals surface area contributed by atoms with Gasteiger partial charge in [0.15, 0.2) is 11.5 Å². The number of benzene rings is 3. The Hall–Kier alpha value is -3.25. The molecule has 0 atom stereocenters. The Kier molecular flexibility index (Phi) is 4.64. The molecule has 2 amide bonds. The molecule has 0 aromatic heterocycles. The highest BCUT2D eigenvalue weighted by Gasteiger charge is 2.53. The number of nitrogens with one attached hydrogen (secondary N) is 1. The van der Waals surface area contributed by atoms with Gasteiger partial charge in [0.2, 0.25) is 6.79 Å². The van der Waals surface area contributed by atoms with Crippen LogP contribution in [0.2, 0.25) is 0 Å². The van der Waals surface area contributed by atoms with E-state index in [0.717, 1.165) is 68.5 Å². The van der Waals surface area contributed by atoms with Gasteiger partial charge in [-0.15, -0.1) is 0 Å². The van der Waals surface area contributed by atoms with Gasteiger partial charge in [0.1, 0.15) is 0 Å². The fraction of sp³-hybridized carbons (Fsp3) is 0.355. The summed E-state index contributed by atoms with van der Waals surface area (Å²) in [6, 6.07) is 17.1. The van der Waals surface area contributed by atoms with Crippen LogP contribution in [0.5, 0.6) is 11.5 Å². The smallest absolute Gasteiger partial charge is 0.290 e. The summed E-state index contributed by atoms with van der Waals surface area (Å²) >= 11 is 0.949. The van der Waals surface area contributed by atoms with E-state index in [4.69, 9.17) is 9.47 Å². The minimum atomic E-state index is -0.332. The highest BCUT2D eigenvalue weighted by Crippen LogP contribution is 2.63. The summed E-state index contributed by atoms with van der Waals surface area (Å²) in [4.78, 5) is 24.1. The van der Waals surface area contributed by atoms with Crippen LogP contribution in [0.3, 0.4) is 0 Å². The number of thioether (sulfide) groups is 1. The van der Waals surface area contributed by atoms with E-state index in [1.807, 2.05) is 12.1 Å². The van der Waals surface area contributed by atoms with Gasteiger partial charge in [0.05, 0.1) is 4.91 Å². The van der Waals surface area contributed by atoms with Crippen LogP contribution in [0.4, 0.5) is 4.79 Å². The van der Waals surface area contributed by atoms with E-state index in [1.54, 1.807) is 6.08 Å². The second kappa shape index (κ2) is 7.87. The normalized spacial score (nSPS) is 30.5. The average molecular weight is 510 g/mol. The van der Waals surface area contributed by atoms with Gasteiger partial charge in [-0.25, -0.2) is 0 Å². The third-order valence-electron chi connectivity index (χ3n) is 9.26. The predicted molar refractivity (Wildman–Crippen MR) is 144 cm³/mol. The lowest BCUT2D eigenvalue weighted by molar-refractivity contribution is -0.115. The van der Waals surface area contributed by atoms with Crippen LogP contribution in [-0.2, 0) is 10.2 Å². The third-order valence-corrected chi connectivity index (χ3v) is 10.1. The molecule has 186 valence electrons. The maximum atomic E-state index is 12.1. The second-order valence-electron chi connectivity index (χ2n) is 11.6. The number of hydrogen-bond donors (Lipinski definition) is 1. The molecular weight excluding hydrogens is 482 g/mol. The maximum absolute atomic E-state index is 12.1. The molecule has 5 nitrogen and oxygen atoms in total. The number of fused-ring (bicyclic) bond motifs is 2. The Balaban J connectivity index is 1.22. The van der Waals surface area contributed by atoms with Crippen molar-refractivity contribution < 1.29 is 19.1 Å². The monoisotopic (exact) mass is 509 g/mol. The third kappa shape index (κ3) is 3.45. The summed E-state index contributed by atoms with van der Waals surface area (Å²) in [7, 11) is 0. The molecule has 4 bridgehead atoms. The highest BCUT2D eigenvalue weighted by atomic mass is 32.2. The van der Waals surface area contributed by atoms with Crippen LogP contribution >= 0.6 is 11.8 Å². The van der Waals surface area contributed by atoms with E-state index in [0.29, 0.717) is 11.7 Å². The molecule has 6 aliphatic rings. The molecule has 6 heteroatoms. The SMILES string of the molecule is O=C1NC(=O)C(=Cc2cccc3cc(-c4cc5c(c(C67CC8CC(CC(C8)C6)C7)c4)OCO5)ccc23)S1.